The van der Waals surface area contributed by atoms with E-state index in [4.69, 9.17) is 9.84 Å². The largest absolute Gasteiger partial charge is 0.479 e. The lowest BCUT2D eigenvalue weighted by Crippen LogP contribution is -2.55. The van der Waals surface area contributed by atoms with Crippen molar-refractivity contribution in [3.05, 3.63) is 35.4 Å². The van der Waals surface area contributed by atoms with E-state index in [0.29, 0.717) is 6.07 Å². The number of nitrogens with one attached hydrogen (secondary N) is 1. The van der Waals surface area contributed by atoms with Crippen LogP contribution in [0.15, 0.2) is 18.2 Å². The summed E-state index contributed by atoms with van der Waals surface area (Å²) in [5.74, 6) is -3.91. The zero-order valence-corrected chi connectivity index (χ0v) is 9.78. The van der Waals surface area contributed by atoms with Crippen molar-refractivity contribution in [1.29, 1.82) is 0 Å². The highest BCUT2D eigenvalue weighted by Crippen LogP contribution is 2.20. The fraction of sp³-hybridized carbons (Fsp3) is 0.333. The second kappa shape index (κ2) is 4.93. The zero-order chi connectivity index (χ0) is 14.0. The number of amides is 1. The van der Waals surface area contributed by atoms with Gasteiger partial charge in [-0.25, -0.2) is 13.6 Å². The molecule has 1 unspecified atom stereocenters. The summed E-state index contributed by atoms with van der Waals surface area (Å²) in [6, 6.07) is 2.30. The van der Waals surface area contributed by atoms with E-state index in [1.165, 1.54) is 0 Å². The van der Waals surface area contributed by atoms with Crippen molar-refractivity contribution in [2.24, 2.45) is 0 Å². The first-order valence-corrected chi connectivity index (χ1v) is 5.53. The number of hydrogen-bond donors (Lipinski definition) is 2. The van der Waals surface area contributed by atoms with Crippen LogP contribution in [0.4, 0.5) is 8.78 Å². The summed E-state index contributed by atoms with van der Waals surface area (Å²) in [6.07, 6.45) is 0.103. The normalized spacial score (nSPS) is 22.2. The Morgan fingerprint density at radius 1 is 1.26 bits per heavy atom. The highest BCUT2D eigenvalue weighted by molar-refractivity contribution is 5.98. The third-order valence-corrected chi connectivity index (χ3v) is 2.91. The summed E-state index contributed by atoms with van der Waals surface area (Å²) in [4.78, 5) is 23.0. The van der Waals surface area contributed by atoms with Gasteiger partial charge in [-0.2, -0.15) is 0 Å². The van der Waals surface area contributed by atoms with Crippen LogP contribution in [0.1, 0.15) is 16.8 Å². The van der Waals surface area contributed by atoms with Gasteiger partial charge in [-0.1, -0.05) is 0 Å². The summed E-state index contributed by atoms with van der Waals surface area (Å²) < 4.78 is 31.0. The minimum atomic E-state index is -1.54. The van der Waals surface area contributed by atoms with Crippen LogP contribution in [0, 0.1) is 11.6 Å². The van der Waals surface area contributed by atoms with Crippen LogP contribution in [-0.4, -0.2) is 35.7 Å². The Morgan fingerprint density at radius 3 is 2.37 bits per heavy atom. The molecule has 0 spiro atoms. The van der Waals surface area contributed by atoms with Crippen LogP contribution in [0.5, 0.6) is 0 Å². The monoisotopic (exact) mass is 271 g/mol. The van der Waals surface area contributed by atoms with Gasteiger partial charge in [0.25, 0.3) is 5.91 Å². The number of carboxylic acid groups (broad SMARTS) is 1. The predicted octanol–water partition coefficient (Wildman–Crippen LogP) is 0.938. The average molecular weight is 271 g/mol. The van der Waals surface area contributed by atoms with Gasteiger partial charge in [0, 0.05) is 24.7 Å². The van der Waals surface area contributed by atoms with Crippen LogP contribution in [0.2, 0.25) is 0 Å². The maximum absolute atomic E-state index is 13.0. The van der Waals surface area contributed by atoms with Crippen molar-refractivity contribution in [2.45, 2.75) is 12.0 Å². The smallest absolute Gasteiger partial charge is 0.331 e. The molecule has 1 amide bonds. The molecule has 1 saturated heterocycles. The second-order valence-electron chi connectivity index (χ2n) is 4.30. The summed E-state index contributed by atoms with van der Waals surface area (Å²) in [7, 11) is 0. The topological polar surface area (TPSA) is 75.6 Å². The Morgan fingerprint density at radius 2 is 1.89 bits per heavy atom. The number of carbonyl (C=O) groups excluding carboxylic acids is 1. The molecule has 0 bridgehead atoms. The molecule has 0 aliphatic carbocycles. The van der Waals surface area contributed by atoms with E-state index in [2.05, 4.69) is 5.32 Å². The summed E-state index contributed by atoms with van der Waals surface area (Å²) in [5, 5.41) is 11.4. The van der Waals surface area contributed by atoms with Crippen molar-refractivity contribution in [3.63, 3.8) is 0 Å². The summed E-state index contributed by atoms with van der Waals surface area (Å²) in [5.41, 5.74) is -1.81. The van der Waals surface area contributed by atoms with Gasteiger partial charge in [-0.05, 0) is 12.1 Å². The quantitative estimate of drug-likeness (QED) is 0.857. The van der Waals surface area contributed by atoms with Crippen molar-refractivity contribution in [2.75, 3.05) is 13.2 Å². The fourth-order valence-electron chi connectivity index (χ4n) is 1.86. The van der Waals surface area contributed by atoms with Gasteiger partial charge in [-0.3, -0.25) is 4.79 Å². The molecule has 1 aromatic rings. The SMILES string of the molecule is O=C(NC1(C(=O)O)CCOC1)c1cc(F)cc(F)c1. The van der Waals surface area contributed by atoms with Crippen molar-refractivity contribution in [3.8, 4) is 0 Å². The lowest BCUT2D eigenvalue weighted by Gasteiger charge is -2.23. The van der Waals surface area contributed by atoms with E-state index >= 15 is 0 Å². The van der Waals surface area contributed by atoms with Crippen molar-refractivity contribution < 1.29 is 28.2 Å². The lowest BCUT2D eigenvalue weighted by atomic mass is 9.98. The zero-order valence-electron chi connectivity index (χ0n) is 9.78. The molecule has 0 saturated carbocycles. The number of rotatable bonds is 3. The lowest BCUT2D eigenvalue weighted by molar-refractivity contribution is -0.144. The maximum Gasteiger partial charge on any atom is 0.331 e. The molecule has 1 aliphatic heterocycles. The molecule has 0 aromatic heterocycles. The van der Waals surface area contributed by atoms with E-state index in [1.54, 1.807) is 0 Å². The van der Waals surface area contributed by atoms with E-state index < -0.39 is 29.0 Å². The van der Waals surface area contributed by atoms with Crippen molar-refractivity contribution >= 4 is 11.9 Å². The number of carbonyl (C=O) groups is 2. The molecule has 0 radical (unpaired) electrons. The molecule has 1 aliphatic rings. The van der Waals surface area contributed by atoms with Gasteiger partial charge < -0.3 is 15.2 Å². The molecule has 2 N–H and O–H groups in total. The van der Waals surface area contributed by atoms with Crippen LogP contribution >= 0.6 is 0 Å². The Bertz CT molecular complexity index is 506. The molecule has 1 aromatic carbocycles. The molecule has 1 fully saturated rings. The fourth-order valence-corrected chi connectivity index (χ4v) is 1.86. The second-order valence-corrected chi connectivity index (χ2v) is 4.30. The average Bonchev–Trinajstić information content (AvgIpc) is 2.77. The third kappa shape index (κ3) is 2.70. The molecule has 1 atom stereocenters. The van der Waals surface area contributed by atoms with Crippen molar-refractivity contribution in [1.82, 2.24) is 5.32 Å². The van der Waals surface area contributed by atoms with Crippen LogP contribution in [-0.2, 0) is 9.53 Å². The predicted molar refractivity (Wildman–Crippen MR) is 59.6 cm³/mol. The Hall–Kier alpha value is -2.02. The molecular weight excluding hydrogens is 260 g/mol. The first-order chi connectivity index (χ1) is 8.93. The van der Waals surface area contributed by atoms with Gasteiger partial charge in [0.15, 0.2) is 5.54 Å². The van der Waals surface area contributed by atoms with Gasteiger partial charge in [-0.15, -0.1) is 0 Å². The van der Waals surface area contributed by atoms with Crippen LogP contribution in [0.25, 0.3) is 0 Å². The van der Waals surface area contributed by atoms with E-state index in [-0.39, 0.29) is 25.2 Å². The standard InChI is InChI=1S/C12H11F2NO4/c13-8-3-7(4-9(14)5-8)10(16)15-12(11(17)18)1-2-19-6-12/h3-5H,1-2,6H2,(H,15,16)(H,17,18). The number of hydrogen-bond acceptors (Lipinski definition) is 3. The Balaban J connectivity index is 2.22. The highest BCUT2D eigenvalue weighted by Gasteiger charge is 2.44. The van der Waals surface area contributed by atoms with Gasteiger partial charge in [0.2, 0.25) is 0 Å². The number of aliphatic carboxylic acids is 1. The number of ether oxygens (including phenoxy) is 1. The first kappa shape index (κ1) is 13.4. The molecule has 5 nitrogen and oxygen atoms in total. The third-order valence-electron chi connectivity index (χ3n) is 2.91. The summed E-state index contributed by atoms with van der Waals surface area (Å²) >= 11 is 0. The van der Waals surface area contributed by atoms with Gasteiger partial charge in [0.05, 0.1) is 6.61 Å². The molecular formula is C12H11F2NO4. The molecule has 1 heterocycles. The number of benzene rings is 1. The molecule has 7 heteroatoms. The highest BCUT2D eigenvalue weighted by atomic mass is 19.1. The summed E-state index contributed by atoms with van der Waals surface area (Å²) in [6.45, 7) is 0.0238. The maximum atomic E-state index is 13.0. The van der Waals surface area contributed by atoms with E-state index in [0.717, 1.165) is 12.1 Å². The Labute approximate surface area is 107 Å². The van der Waals surface area contributed by atoms with Crippen LogP contribution < -0.4 is 5.32 Å². The minimum absolute atomic E-state index is 0.103. The number of carboxylic acids is 1. The molecule has 2 rings (SSSR count). The first-order valence-electron chi connectivity index (χ1n) is 5.53. The van der Waals surface area contributed by atoms with Gasteiger partial charge >= 0.3 is 5.97 Å². The Kier molecular flexibility index (Phi) is 3.48. The molecule has 19 heavy (non-hydrogen) atoms. The van der Waals surface area contributed by atoms with E-state index in [9.17, 15) is 18.4 Å². The number of halogens is 2. The van der Waals surface area contributed by atoms with E-state index in [1.807, 2.05) is 0 Å². The minimum Gasteiger partial charge on any atom is -0.479 e. The van der Waals surface area contributed by atoms with Crippen LogP contribution in [0.3, 0.4) is 0 Å². The van der Waals surface area contributed by atoms with Gasteiger partial charge in [0.1, 0.15) is 11.6 Å². The molecule has 102 valence electrons.